The predicted octanol–water partition coefficient (Wildman–Crippen LogP) is 3.14. The second-order valence-electron chi connectivity index (χ2n) is 6.14. The fourth-order valence-electron chi connectivity index (χ4n) is 2.69. The normalized spacial score (nSPS) is 18.7. The molecule has 0 radical (unpaired) electrons. The third kappa shape index (κ3) is 4.55. The molecule has 0 aliphatic carbocycles. The molecular formula is C18H25N3O3. The minimum Gasteiger partial charge on any atom is -0.494 e. The first-order valence-electron chi connectivity index (χ1n) is 8.64. The summed E-state index contributed by atoms with van der Waals surface area (Å²) in [5, 5.41) is 8.33. The van der Waals surface area contributed by atoms with Crippen LogP contribution in [-0.2, 0) is 11.3 Å². The van der Waals surface area contributed by atoms with E-state index in [1.807, 2.05) is 24.3 Å². The fraction of sp³-hybridized carbons (Fsp3) is 0.556. The molecule has 130 valence electrons. The summed E-state index contributed by atoms with van der Waals surface area (Å²) in [7, 11) is 0. The Hall–Kier alpha value is -1.92. The summed E-state index contributed by atoms with van der Waals surface area (Å²) >= 11 is 0. The third-order valence-electron chi connectivity index (χ3n) is 4.02. The van der Waals surface area contributed by atoms with Gasteiger partial charge < -0.3 is 13.9 Å². The molecule has 0 spiro atoms. The largest absolute Gasteiger partial charge is 0.494 e. The van der Waals surface area contributed by atoms with Crippen LogP contribution in [0.5, 0.6) is 5.75 Å². The lowest BCUT2D eigenvalue weighted by Gasteiger charge is -2.29. The van der Waals surface area contributed by atoms with E-state index in [2.05, 4.69) is 28.9 Å². The van der Waals surface area contributed by atoms with Gasteiger partial charge in [0.1, 0.15) is 5.75 Å². The lowest BCUT2D eigenvalue weighted by Crippen LogP contribution is -2.40. The first-order valence-corrected chi connectivity index (χ1v) is 8.64. The van der Waals surface area contributed by atoms with Crippen molar-refractivity contribution in [3.8, 4) is 17.2 Å². The number of nitrogens with zero attached hydrogens (tertiary/aromatic N) is 3. The average molecular weight is 331 g/mol. The molecule has 1 aromatic carbocycles. The van der Waals surface area contributed by atoms with Crippen LogP contribution in [0.4, 0.5) is 0 Å². The molecule has 2 heterocycles. The molecule has 0 amide bonds. The van der Waals surface area contributed by atoms with Crippen LogP contribution in [0.25, 0.3) is 11.5 Å². The number of rotatable bonds is 7. The maximum atomic E-state index is 5.80. The zero-order valence-corrected chi connectivity index (χ0v) is 14.4. The number of hydrogen-bond acceptors (Lipinski definition) is 6. The quantitative estimate of drug-likeness (QED) is 0.727. The Morgan fingerprint density at radius 2 is 2.08 bits per heavy atom. The predicted molar refractivity (Wildman–Crippen MR) is 90.8 cm³/mol. The topological polar surface area (TPSA) is 60.6 Å². The second-order valence-corrected chi connectivity index (χ2v) is 6.14. The molecule has 1 saturated heterocycles. The number of morpholine rings is 1. The van der Waals surface area contributed by atoms with E-state index < -0.39 is 0 Å². The van der Waals surface area contributed by atoms with Crippen LogP contribution in [0.2, 0.25) is 0 Å². The summed E-state index contributed by atoms with van der Waals surface area (Å²) < 4.78 is 17.0. The maximum absolute atomic E-state index is 5.80. The minimum atomic E-state index is 0.251. The van der Waals surface area contributed by atoms with Crippen LogP contribution in [-0.4, -0.2) is 47.5 Å². The van der Waals surface area contributed by atoms with Crippen LogP contribution in [0.15, 0.2) is 28.7 Å². The first kappa shape index (κ1) is 16.9. The van der Waals surface area contributed by atoms with Crippen molar-refractivity contribution in [3.05, 3.63) is 30.2 Å². The summed E-state index contributed by atoms with van der Waals surface area (Å²) in [4.78, 5) is 2.27. The van der Waals surface area contributed by atoms with Crippen LogP contribution >= 0.6 is 0 Å². The van der Waals surface area contributed by atoms with Crippen molar-refractivity contribution in [2.24, 2.45) is 0 Å². The molecule has 24 heavy (non-hydrogen) atoms. The molecule has 6 heteroatoms. The molecule has 1 atom stereocenters. The second kappa shape index (κ2) is 8.26. The molecule has 6 nitrogen and oxygen atoms in total. The van der Waals surface area contributed by atoms with Crippen molar-refractivity contribution in [3.63, 3.8) is 0 Å². The van der Waals surface area contributed by atoms with Crippen molar-refractivity contribution < 1.29 is 13.9 Å². The van der Waals surface area contributed by atoms with E-state index in [0.717, 1.165) is 50.5 Å². The van der Waals surface area contributed by atoms with E-state index >= 15 is 0 Å². The van der Waals surface area contributed by atoms with E-state index in [-0.39, 0.29) is 6.10 Å². The number of aromatic nitrogens is 2. The Morgan fingerprint density at radius 1 is 1.25 bits per heavy atom. The highest BCUT2D eigenvalue weighted by Gasteiger charge is 2.19. The van der Waals surface area contributed by atoms with Crippen LogP contribution in [0.1, 0.15) is 32.6 Å². The van der Waals surface area contributed by atoms with E-state index in [4.69, 9.17) is 13.9 Å². The highest BCUT2D eigenvalue weighted by atomic mass is 16.5. The van der Waals surface area contributed by atoms with E-state index in [9.17, 15) is 0 Å². The number of unbranched alkanes of at least 4 members (excludes halogenated alkanes) is 1. The summed E-state index contributed by atoms with van der Waals surface area (Å²) in [6.07, 6.45) is 2.45. The summed E-state index contributed by atoms with van der Waals surface area (Å²) in [6.45, 7) is 8.18. The molecule has 0 bridgehead atoms. The van der Waals surface area contributed by atoms with Crippen LogP contribution in [0.3, 0.4) is 0 Å². The van der Waals surface area contributed by atoms with E-state index in [1.54, 1.807) is 0 Å². The highest BCUT2D eigenvalue weighted by molar-refractivity contribution is 5.53. The van der Waals surface area contributed by atoms with Gasteiger partial charge in [-0.2, -0.15) is 0 Å². The molecule has 1 aliphatic rings. The number of benzene rings is 1. The Kier molecular flexibility index (Phi) is 5.82. The van der Waals surface area contributed by atoms with Gasteiger partial charge in [0.05, 0.1) is 25.9 Å². The molecule has 2 aromatic rings. The monoisotopic (exact) mass is 331 g/mol. The lowest BCUT2D eigenvalue weighted by atomic mass is 10.2. The minimum absolute atomic E-state index is 0.251. The van der Waals surface area contributed by atoms with Crippen molar-refractivity contribution in [2.45, 2.75) is 39.3 Å². The first-order chi connectivity index (χ1) is 11.7. The van der Waals surface area contributed by atoms with E-state index in [1.165, 1.54) is 0 Å². The van der Waals surface area contributed by atoms with Gasteiger partial charge in [-0.25, -0.2) is 0 Å². The van der Waals surface area contributed by atoms with Gasteiger partial charge in [-0.3, -0.25) is 4.90 Å². The lowest BCUT2D eigenvalue weighted by molar-refractivity contribution is -0.0235. The summed E-state index contributed by atoms with van der Waals surface area (Å²) in [5.74, 6) is 2.06. The molecule has 1 unspecified atom stereocenters. The molecular weight excluding hydrogens is 306 g/mol. The van der Waals surface area contributed by atoms with Gasteiger partial charge in [-0.05, 0) is 37.6 Å². The molecule has 0 N–H and O–H groups in total. The average Bonchev–Trinajstić information content (AvgIpc) is 3.04. The molecule has 1 aliphatic heterocycles. The summed E-state index contributed by atoms with van der Waals surface area (Å²) in [5.41, 5.74) is 0.909. The number of hydrogen-bond donors (Lipinski definition) is 0. The molecule has 3 rings (SSSR count). The van der Waals surface area contributed by atoms with E-state index in [0.29, 0.717) is 18.3 Å². The molecule has 0 saturated carbocycles. The van der Waals surface area contributed by atoms with Crippen molar-refractivity contribution in [2.75, 3.05) is 26.3 Å². The molecule has 1 aromatic heterocycles. The van der Waals surface area contributed by atoms with Crippen molar-refractivity contribution >= 4 is 0 Å². The SMILES string of the molecule is CCCCOc1ccc(-c2nnc(CN3CCOC(C)C3)o2)cc1. The van der Waals surface area contributed by atoms with Crippen LogP contribution < -0.4 is 4.74 Å². The van der Waals surface area contributed by atoms with Crippen molar-refractivity contribution in [1.82, 2.24) is 15.1 Å². The zero-order chi connectivity index (χ0) is 16.8. The fourth-order valence-corrected chi connectivity index (χ4v) is 2.69. The third-order valence-corrected chi connectivity index (χ3v) is 4.02. The zero-order valence-electron chi connectivity index (χ0n) is 14.4. The smallest absolute Gasteiger partial charge is 0.247 e. The Balaban J connectivity index is 1.58. The van der Waals surface area contributed by atoms with Crippen molar-refractivity contribution in [1.29, 1.82) is 0 Å². The maximum Gasteiger partial charge on any atom is 0.247 e. The molecule has 1 fully saturated rings. The van der Waals surface area contributed by atoms with Gasteiger partial charge in [0.15, 0.2) is 0 Å². The van der Waals surface area contributed by atoms with Gasteiger partial charge >= 0.3 is 0 Å². The van der Waals surface area contributed by atoms with Gasteiger partial charge in [-0.1, -0.05) is 13.3 Å². The highest BCUT2D eigenvalue weighted by Crippen LogP contribution is 2.22. The van der Waals surface area contributed by atoms with Gasteiger partial charge in [0, 0.05) is 18.7 Å². The van der Waals surface area contributed by atoms with Gasteiger partial charge in [0.25, 0.3) is 0 Å². The Morgan fingerprint density at radius 3 is 2.83 bits per heavy atom. The number of ether oxygens (including phenoxy) is 2. The van der Waals surface area contributed by atoms with Gasteiger partial charge in [-0.15, -0.1) is 10.2 Å². The van der Waals surface area contributed by atoms with Crippen LogP contribution in [0, 0.1) is 0 Å². The Bertz CT molecular complexity index is 627. The summed E-state index contributed by atoms with van der Waals surface area (Å²) in [6, 6.07) is 7.79. The van der Waals surface area contributed by atoms with Gasteiger partial charge in [0.2, 0.25) is 11.8 Å². The Labute approximate surface area is 142 Å². The standard InChI is InChI=1S/C18H25N3O3/c1-3-4-10-23-16-7-5-15(6-8-16)18-20-19-17(24-18)13-21-9-11-22-14(2)12-21/h5-8,14H,3-4,9-13H2,1-2H3.